The van der Waals surface area contributed by atoms with Crippen molar-refractivity contribution >= 4 is 32.9 Å². The molecule has 0 spiro atoms. The van der Waals surface area contributed by atoms with Gasteiger partial charge in [-0.1, -0.05) is 19.3 Å². The molecule has 1 aromatic carbocycles. The van der Waals surface area contributed by atoms with Crippen LogP contribution in [0.15, 0.2) is 12.1 Å². The van der Waals surface area contributed by atoms with E-state index in [4.69, 9.17) is 5.73 Å². The number of aromatic nitrogens is 1. The van der Waals surface area contributed by atoms with Gasteiger partial charge < -0.3 is 11.1 Å². The van der Waals surface area contributed by atoms with Crippen molar-refractivity contribution in [2.24, 2.45) is 5.92 Å². The van der Waals surface area contributed by atoms with E-state index in [9.17, 15) is 0 Å². The van der Waals surface area contributed by atoms with Crippen molar-refractivity contribution in [3.8, 4) is 0 Å². The van der Waals surface area contributed by atoms with Crippen LogP contribution < -0.4 is 11.1 Å². The largest absolute Gasteiger partial charge is 0.397 e. The summed E-state index contributed by atoms with van der Waals surface area (Å²) in [6.45, 7) is 3.08. The predicted octanol–water partition coefficient (Wildman–Crippen LogP) is 4.18. The molecule has 1 fully saturated rings. The monoisotopic (exact) mass is 275 g/mol. The molecule has 3 rings (SSSR count). The van der Waals surface area contributed by atoms with Gasteiger partial charge in [-0.15, -0.1) is 11.3 Å². The Morgan fingerprint density at radius 1 is 1.32 bits per heavy atom. The van der Waals surface area contributed by atoms with E-state index in [1.165, 1.54) is 36.8 Å². The summed E-state index contributed by atoms with van der Waals surface area (Å²) in [4.78, 5) is 4.53. The zero-order chi connectivity index (χ0) is 13.2. The van der Waals surface area contributed by atoms with Crippen LogP contribution in [0.4, 0.5) is 11.4 Å². The Bertz CT molecular complexity index is 570. The second-order valence-corrected chi connectivity index (χ2v) is 6.76. The van der Waals surface area contributed by atoms with Crippen molar-refractivity contribution in [3.05, 3.63) is 17.1 Å². The number of nitrogens with one attached hydrogen (secondary N) is 1. The summed E-state index contributed by atoms with van der Waals surface area (Å²) in [7, 11) is 0. The highest BCUT2D eigenvalue weighted by Gasteiger charge is 2.14. The van der Waals surface area contributed by atoms with E-state index in [2.05, 4.69) is 16.4 Å². The number of nitrogen functional groups attached to an aromatic ring is 1. The third kappa shape index (κ3) is 2.84. The molecule has 0 saturated heterocycles. The average Bonchev–Trinajstić information content (AvgIpc) is 2.76. The molecule has 0 unspecified atom stereocenters. The molecule has 0 atom stereocenters. The first kappa shape index (κ1) is 12.7. The zero-order valence-electron chi connectivity index (χ0n) is 11.4. The number of fused-ring (bicyclic) bond motifs is 1. The molecule has 102 valence electrons. The van der Waals surface area contributed by atoms with Gasteiger partial charge in [-0.2, -0.15) is 0 Å². The first-order valence-corrected chi connectivity index (χ1v) is 7.94. The summed E-state index contributed by atoms with van der Waals surface area (Å²) in [5.74, 6) is 0.806. The summed E-state index contributed by atoms with van der Waals surface area (Å²) in [5.41, 5.74) is 9.07. The lowest BCUT2D eigenvalue weighted by Gasteiger charge is -2.22. The van der Waals surface area contributed by atoms with E-state index < -0.39 is 0 Å². The van der Waals surface area contributed by atoms with Gasteiger partial charge in [0.05, 0.1) is 26.6 Å². The van der Waals surface area contributed by atoms with Crippen LogP contribution >= 0.6 is 11.3 Å². The van der Waals surface area contributed by atoms with Gasteiger partial charge in [0.25, 0.3) is 0 Å². The van der Waals surface area contributed by atoms with Crippen LogP contribution in [0.1, 0.15) is 37.1 Å². The molecule has 0 amide bonds. The number of thiazole rings is 1. The molecule has 19 heavy (non-hydrogen) atoms. The number of rotatable bonds is 3. The molecule has 0 aliphatic heterocycles. The Morgan fingerprint density at radius 2 is 2.11 bits per heavy atom. The molecule has 1 heterocycles. The smallest absolute Gasteiger partial charge is 0.0907 e. The number of hydrogen-bond donors (Lipinski definition) is 2. The lowest BCUT2D eigenvalue weighted by Crippen LogP contribution is -2.17. The highest BCUT2D eigenvalue weighted by molar-refractivity contribution is 7.18. The van der Waals surface area contributed by atoms with E-state index in [0.29, 0.717) is 0 Å². The molecule has 3 nitrogen and oxygen atoms in total. The standard InChI is InChI=1S/C15H21N3S/c1-10-18-14-8-13(12(16)7-15(14)19-10)17-9-11-5-3-2-4-6-11/h7-8,11,17H,2-6,9,16H2,1H3. The van der Waals surface area contributed by atoms with Gasteiger partial charge in [0.2, 0.25) is 0 Å². The van der Waals surface area contributed by atoms with Gasteiger partial charge in [-0.05, 0) is 37.8 Å². The van der Waals surface area contributed by atoms with Crippen LogP contribution in [0.5, 0.6) is 0 Å². The molecule has 0 radical (unpaired) electrons. The average molecular weight is 275 g/mol. The third-order valence-corrected chi connectivity index (χ3v) is 4.91. The van der Waals surface area contributed by atoms with Gasteiger partial charge in [-0.3, -0.25) is 0 Å². The van der Waals surface area contributed by atoms with Gasteiger partial charge in [-0.25, -0.2) is 4.98 Å². The number of benzene rings is 1. The van der Waals surface area contributed by atoms with Crippen LogP contribution in [0.25, 0.3) is 10.2 Å². The molecule has 4 heteroatoms. The first-order chi connectivity index (χ1) is 9.22. The minimum Gasteiger partial charge on any atom is -0.397 e. The number of nitrogens with zero attached hydrogens (tertiary/aromatic N) is 1. The lowest BCUT2D eigenvalue weighted by molar-refractivity contribution is 0.373. The molecule has 0 bridgehead atoms. The number of hydrogen-bond acceptors (Lipinski definition) is 4. The second kappa shape index (κ2) is 5.37. The highest BCUT2D eigenvalue weighted by Crippen LogP contribution is 2.31. The zero-order valence-corrected chi connectivity index (χ0v) is 12.2. The molecule has 1 aromatic heterocycles. The van der Waals surface area contributed by atoms with Crippen molar-refractivity contribution in [2.75, 3.05) is 17.6 Å². The van der Waals surface area contributed by atoms with Crippen molar-refractivity contribution in [1.82, 2.24) is 4.98 Å². The Kier molecular flexibility index (Phi) is 3.60. The fourth-order valence-electron chi connectivity index (χ4n) is 2.90. The maximum absolute atomic E-state index is 6.13. The number of aryl methyl sites for hydroxylation is 1. The minimum atomic E-state index is 0.806. The van der Waals surface area contributed by atoms with Gasteiger partial charge in [0.1, 0.15) is 0 Å². The lowest BCUT2D eigenvalue weighted by atomic mass is 9.89. The number of nitrogens with two attached hydrogens (primary N) is 1. The Balaban J connectivity index is 1.74. The molecule has 3 N–H and O–H groups in total. The minimum absolute atomic E-state index is 0.806. The molecule has 1 saturated carbocycles. The maximum atomic E-state index is 6.13. The van der Waals surface area contributed by atoms with Gasteiger partial charge in [0, 0.05) is 6.54 Å². The summed E-state index contributed by atoms with van der Waals surface area (Å²) in [5, 5.41) is 4.62. The predicted molar refractivity (Wildman–Crippen MR) is 83.8 cm³/mol. The summed E-state index contributed by atoms with van der Waals surface area (Å²) in [6, 6.07) is 4.14. The Labute approximate surface area is 118 Å². The second-order valence-electron chi connectivity index (χ2n) is 5.53. The van der Waals surface area contributed by atoms with E-state index in [-0.39, 0.29) is 0 Å². The summed E-state index contributed by atoms with van der Waals surface area (Å²) < 4.78 is 1.18. The molecular formula is C15H21N3S. The van der Waals surface area contributed by atoms with Crippen LogP contribution in [-0.2, 0) is 0 Å². The van der Waals surface area contributed by atoms with E-state index >= 15 is 0 Å². The SMILES string of the molecule is Cc1nc2cc(NCC3CCCCC3)c(N)cc2s1. The fraction of sp³-hybridized carbons (Fsp3) is 0.533. The van der Waals surface area contributed by atoms with Crippen LogP contribution in [-0.4, -0.2) is 11.5 Å². The van der Waals surface area contributed by atoms with Crippen molar-refractivity contribution in [3.63, 3.8) is 0 Å². The summed E-state index contributed by atoms with van der Waals surface area (Å²) in [6.07, 6.45) is 6.87. The number of anilines is 2. The van der Waals surface area contributed by atoms with E-state index in [0.717, 1.165) is 34.4 Å². The van der Waals surface area contributed by atoms with Crippen LogP contribution in [0.2, 0.25) is 0 Å². The molecular weight excluding hydrogens is 254 g/mol. The van der Waals surface area contributed by atoms with Gasteiger partial charge in [0.15, 0.2) is 0 Å². The van der Waals surface area contributed by atoms with Crippen LogP contribution in [0.3, 0.4) is 0 Å². The normalized spacial score (nSPS) is 16.9. The van der Waals surface area contributed by atoms with Crippen LogP contribution in [0, 0.1) is 12.8 Å². The van der Waals surface area contributed by atoms with Gasteiger partial charge >= 0.3 is 0 Å². The Morgan fingerprint density at radius 3 is 2.89 bits per heavy atom. The third-order valence-electron chi connectivity index (χ3n) is 3.97. The summed E-state index contributed by atoms with van der Waals surface area (Å²) >= 11 is 1.70. The molecule has 1 aliphatic rings. The van der Waals surface area contributed by atoms with E-state index in [1.807, 2.05) is 13.0 Å². The topological polar surface area (TPSA) is 50.9 Å². The highest BCUT2D eigenvalue weighted by atomic mass is 32.1. The first-order valence-electron chi connectivity index (χ1n) is 7.13. The van der Waals surface area contributed by atoms with Crippen molar-refractivity contribution in [2.45, 2.75) is 39.0 Å². The Hall–Kier alpha value is -1.29. The van der Waals surface area contributed by atoms with Crippen molar-refractivity contribution < 1.29 is 0 Å². The van der Waals surface area contributed by atoms with Crippen molar-refractivity contribution in [1.29, 1.82) is 0 Å². The molecule has 1 aliphatic carbocycles. The molecule has 2 aromatic rings. The fourth-order valence-corrected chi connectivity index (χ4v) is 3.76. The maximum Gasteiger partial charge on any atom is 0.0907 e. The van der Waals surface area contributed by atoms with E-state index in [1.54, 1.807) is 11.3 Å². The quantitative estimate of drug-likeness (QED) is 0.826.